The Hall–Kier alpha value is -0.980. The van der Waals surface area contributed by atoms with Crippen molar-refractivity contribution in [1.82, 2.24) is 15.5 Å². The second kappa shape index (κ2) is 6.82. The third kappa shape index (κ3) is 3.76. The van der Waals surface area contributed by atoms with Gasteiger partial charge in [0.15, 0.2) is 0 Å². The highest BCUT2D eigenvalue weighted by molar-refractivity contribution is 9.10. The van der Waals surface area contributed by atoms with E-state index < -0.39 is 0 Å². The Bertz CT molecular complexity index is 504. The summed E-state index contributed by atoms with van der Waals surface area (Å²) in [7, 11) is 0. The molecule has 0 aliphatic heterocycles. The highest BCUT2D eigenvalue weighted by Gasteiger charge is 2.06. The van der Waals surface area contributed by atoms with Crippen molar-refractivity contribution in [2.75, 3.05) is 6.54 Å². The van der Waals surface area contributed by atoms with Crippen molar-refractivity contribution in [3.63, 3.8) is 0 Å². The number of aromatic nitrogens is 2. The Morgan fingerprint density at radius 3 is 2.94 bits per heavy atom. The summed E-state index contributed by atoms with van der Waals surface area (Å²) < 4.78 is 6.66. The molecule has 2 rings (SSSR count). The largest absolute Gasteiger partial charge is 0.464 e. The summed E-state index contributed by atoms with van der Waals surface area (Å²) >= 11 is 4.96. The minimum atomic E-state index is 0.497. The van der Waals surface area contributed by atoms with Gasteiger partial charge < -0.3 is 10.1 Å². The molecule has 0 aliphatic carbocycles. The van der Waals surface area contributed by atoms with E-state index in [0.29, 0.717) is 11.8 Å². The van der Waals surface area contributed by atoms with Crippen LogP contribution in [-0.4, -0.2) is 16.7 Å². The smallest absolute Gasteiger partial charge is 0.294 e. The molecule has 0 saturated heterocycles. The number of halogens is 1. The zero-order valence-electron chi connectivity index (χ0n) is 10.0. The highest BCUT2D eigenvalue weighted by atomic mass is 79.9. The predicted molar refractivity (Wildman–Crippen MR) is 75.8 cm³/mol. The maximum Gasteiger partial charge on any atom is 0.294 e. The van der Waals surface area contributed by atoms with Crippen molar-refractivity contribution in [3.8, 4) is 5.19 Å². The molecule has 1 aromatic carbocycles. The van der Waals surface area contributed by atoms with Crippen LogP contribution in [0.5, 0.6) is 5.19 Å². The highest BCUT2D eigenvalue weighted by Crippen LogP contribution is 2.21. The van der Waals surface area contributed by atoms with E-state index >= 15 is 0 Å². The van der Waals surface area contributed by atoms with Crippen LogP contribution >= 0.6 is 27.3 Å². The third-order valence-corrected chi connectivity index (χ3v) is 3.89. The van der Waals surface area contributed by atoms with Gasteiger partial charge in [-0.15, -0.1) is 5.10 Å². The molecule has 0 aliphatic rings. The van der Waals surface area contributed by atoms with Gasteiger partial charge in [0.05, 0.1) is 0 Å². The summed E-state index contributed by atoms with van der Waals surface area (Å²) in [4.78, 5) is 0. The Morgan fingerprint density at radius 1 is 1.33 bits per heavy atom. The topological polar surface area (TPSA) is 47.0 Å². The quantitative estimate of drug-likeness (QED) is 0.886. The predicted octanol–water partition coefficient (Wildman–Crippen LogP) is 2.99. The van der Waals surface area contributed by atoms with Crippen LogP contribution < -0.4 is 10.1 Å². The van der Waals surface area contributed by atoms with Crippen molar-refractivity contribution >= 4 is 27.3 Å². The van der Waals surface area contributed by atoms with Crippen LogP contribution in [0.4, 0.5) is 0 Å². The average molecular weight is 328 g/mol. The molecule has 1 heterocycles. The fourth-order valence-corrected chi connectivity index (χ4v) is 2.41. The number of nitrogens with zero attached hydrogens (tertiary/aromatic N) is 2. The maximum absolute atomic E-state index is 5.62. The van der Waals surface area contributed by atoms with E-state index in [1.165, 1.54) is 11.3 Å². The first kappa shape index (κ1) is 13.5. The van der Waals surface area contributed by atoms with Gasteiger partial charge in [-0.05, 0) is 12.6 Å². The molecule has 4 nitrogen and oxygen atoms in total. The van der Waals surface area contributed by atoms with Crippen LogP contribution in [0.1, 0.15) is 17.5 Å². The van der Waals surface area contributed by atoms with Crippen molar-refractivity contribution in [3.05, 3.63) is 39.3 Å². The molecule has 0 bridgehead atoms. The third-order valence-electron chi connectivity index (χ3n) is 2.28. The normalized spacial score (nSPS) is 10.6. The first-order valence-corrected chi connectivity index (χ1v) is 7.30. The van der Waals surface area contributed by atoms with Gasteiger partial charge in [0, 0.05) is 16.6 Å². The van der Waals surface area contributed by atoms with E-state index in [2.05, 4.69) is 38.4 Å². The van der Waals surface area contributed by atoms with Gasteiger partial charge in [-0.3, -0.25) is 0 Å². The lowest BCUT2D eigenvalue weighted by Crippen LogP contribution is -2.11. The Morgan fingerprint density at radius 2 is 2.17 bits per heavy atom. The summed E-state index contributed by atoms with van der Waals surface area (Å²) in [5, 5.41) is 12.8. The Balaban J connectivity index is 1.90. The molecule has 1 N–H and O–H groups in total. The van der Waals surface area contributed by atoms with Gasteiger partial charge in [-0.1, -0.05) is 57.5 Å². The van der Waals surface area contributed by atoms with Crippen molar-refractivity contribution < 1.29 is 4.74 Å². The van der Waals surface area contributed by atoms with Gasteiger partial charge in [0.1, 0.15) is 11.6 Å². The molecule has 0 fully saturated rings. The monoisotopic (exact) mass is 327 g/mol. The molecular formula is C12H14BrN3OS. The Labute approximate surface area is 119 Å². The molecule has 96 valence electrons. The molecule has 18 heavy (non-hydrogen) atoms. The molecule has 0 spiro atoms. The van der Waals surface area contributed by atoms with Crippen molar-refractivity contribution in [2.45, 2.75) is 20.1 Å². The van der Waals surface area contributed by atoms with Crippen LogP contribution in [0, 0.1) is 0 Å². The summed E-state index contributed by atoms with van der Waals surface area (Å²) in [5.74, 6) is 0. The first-order valence-electron chi connectivity index (χ1n) is 5.69. The molecule has 2 aromatic rings. The number of ether oxygens (including phenoxy) is 1. The van der Waals surface area contributed by atoms with Gasteiger partial charge in [-0.25, -0.2) is 0 Å². The summed E-state index contributed by atoms with van der Waals surface area (Å²) in [6, 6.07) is 7.98. The number of rotatable bonds is 6. The van der Waals surface area contributed by atoms with E-state index in [9.17, 15) is 0 Å². The molecule has 0 unspecified atom stereocenters. The van der Waals surface area contributed by atoms with Gasteiger partial charge >= 0.3 is 0 Å². The standard InChI is InChI=1S/C12H14BrN3OS/c1-2-14-7-11-15-16-12(18-11)17-8-9-5-3-4-6-10(9)13/h3-6,14H,2,7-8H2,1H3. The lowest BCUT2D eigenvalue weighted by Gasteiger charge is -2.03. The van der Waals surface area contributed by atoms with E-state index in [1.54, 1.807) is 0 Å². The number of nitrogens with one attached hydrogen (secondary N) is 1. The van der Waals surface area contributed by atoms with Gasteiger partial charge in [0.2, 0.25) is 0 Å². The fraction of sp³-hybridized carbons (Fsp3) is 0.333. The second-order valence-corrected chi connectivity index (χ2v) is 5.50. The first-order chi connectivity index (χ1) is 8.79. The number of hydrogen-bond acceptors (Lipinski definition) is 5. The molecule has 0 radical (unpaired) electrons. The van der Waals surface area contributed by atoms with Crippen LogP contribution in [-0.2, 0) is 13.2 Å². The minimum absolute atomic E-state index is 0.497. The van der Waals surface area contributed by atoms with Crippen molar-refractivity contribution in [2.24, 2.45) is 0 Å². The van der Waals surface area contributed by atoms with E-state index in [1.807, 2.05) is 24.3 Å². The molecule has 1 aromatic heterocycles. The molecule has 0 amide bonds. The molecule has 0 saturated carbocycles. The summed E-state index contributed by atoms with van der Waals surface area (Å²) in [5.41, 5.74) is 1.10. The van der Waals surface area contributed by atoms with E-state index in [0.717, 1.165) is 28.1 Å². The minimum Gasteiger partial charge on any atom is -0.464 e. The number of hydrogen-bond donors (Lipinski definition) is 1. The second-order valence-electron chi connectivity index (χ2n) is 3.62. The molecule has 6 heteroatoms. The van der Waals surface area contributed by atoms with E-state index in [-0.39, 0.29) is 0 Å². The van der Waals surface area contributed by atoms with Crippen LogP contribution in [0.15, 0.2) is 28.7 Å². The molecular weight excluding hydrogens is 314 g/mol. The lowest BCUT2D eigenvalue weighted by molar-refractivity contribution is 0.301. The average Bonchev–Trinajstić information content (AvgIpc) is 2.83. The lowest BCUT2D eigenvalue weighted by atomic mass is 10.2. The van der Waals surface area contributed by atoms with Crippen molar-refractivity contribution in [1.29, 1.82) is 0 Å². The fourth-order valence-electron chi connectivity index (χ4n) is 1.35. The maximum atomic E-state index is 5.62. The van der Waals surface area contributed by atoms with Gasteiger partial charge in [0.25, 0.3) is 5.19 Å². The van der Waals surface area contributed by atoms with Crippen LogP contribution in [0.3, 0.4) is 0 Å². The number of benzene rings is 1. The summed E-state index contributed by atoms with van der Waals surface area (Å²) in [6.45, 7) is 4.22. The van der Waals surface area contributed by atoms with Crippen LogP contribution in [0.2, 0.25) is 0 Å². The Kier molecular flexibility index (Phi) is 5.10. The van der Waals surface area contributed by atoms with Crippen LogP contribution in [0.25, 0.3) is 0 Å². The summed E-state index contributed by atoms with van der Waals surface area (Å²) in [6.07, 6.45) is 0. The zero-order valence-corrected chi connectivity index (χ0v) is 12.4. The van der Waals surface area contributed by atoms with E-state index in [4.69, 9.17) is 4.74 Å². The molecule has 0 atom stereocenters. The SMILES string of the molecule is CCNCc1nnc(OCc2ccccc2Br)s1. The van der Waals surface area contributed by atoms with Gasteiger partial charge in [-0.2, -0.15) is 0 Å². The zero-order chi connectivity index (χ0) is 12.8.